The summed E-state index contributed by atoms with van der Waals surface area (Å²) in [5, 5.41) is 11.9. The predicted molar refractivity (Wildman–Crippen MR) is 95.3 cm³/mol. The van der Waals surface area contributed by atoms with E-state index >= 15 is 0 Å². The van der Waals surface area contributed by atoms with Crippen LogP contribution in [0.4, 0.5) is 4.79 Å². The molecule has 1 amide bonds. The van der Waals surface area contributed by atoms with Crippen molar-refractivity contribution in [1.29, 1.82) is 0 Å². The average Bonchev–Trinajstić information content (AvgIpc) is 3.11. The molecule has 2 aromatic carbocycles. The van der Waals surface area contributed by atoms with Crippen LogP contribution in [-0.4, -0.2) is 30.3 Å². The minimum Gasteiger partial charge on any atom is -0.493 e. The SMILES string of the molecule is O=C(O)CC(CNC(=O)OCc1ccccc1)c1ccc2c(c1)CCO2. The zero-order valence-corrected chi connectivity index (χ0v) is 14.3. The van der Waals surface area contributed by atoms with Crippen molar-refractivity contribution in [2.24, 2.45) is 0 Å². The molecule has 0 saturated heterocycles. The highest BCUT2D eigenvalue weighted by molar-refractivity contribution is 5.69. The molecular weight excluding hydrogens is 334 g/mol. The standard InChI is InChI=1S/C20H21NO5/c22-19(23)11-17(15-6-7-18-16(10-15)8-9-25-18)12-21-20(24)26-13-14-4-2-1-3-5-14/h1-7,10,17H,8-9,11-13H2,(H,21,24)(H,22,23). The lowest BCUT2D eigenvalue weighted by Crippen LogP contribution is -2.30. The third-order valence-electron chi connectivity index (χ3n) is 4.31. The zero-order valence-electron chi connectivity index (χ0n) is 14.3. The monoisotopic (exact) mass is 355 g/mol. The Morgan fingerprint density at radius 2 is 2.00 bits per heavy atom. The number of carbonyl (C=O) groups is 2. The van der Waals surface area contributed by atoms with Crippen LogP contribution in [0.1, 0.15) is 29.0 Å². The Bertz CT molecular complexity index is 775. The van der Waals surface area contributed by atoms with Gasteiger partial charge in [-0.3, -0.25) is 4.79 Å². The van der Waals surface area contributed by atoms with Crippen LogP contribution in [0, 0.1) is 0 Å². The van der Waals surface area contributed by atoms with Crippen LogP contribution in [0.5, 0.6) is 5.75 Å². The van der Waals surface area contributed by atoms with Crippen LogP contribution in [0.15, 0.2) is 48.5 Å². The first-order valence-corrected chi connectivity index (χ1v) is 8.54. The molecule has 2 aromatic rings. The zero-order chi connectivity index (χ0) is 18.4. The molecule has 3 rings (SSSR count). The minimum atomic E-state index is -0.911. The van der Waals surface area contributed by atoms with Crippen molar-refractivity contribution in [1.82, 2.24) is 5.32 Å². The quantitative estimate of drug-likeness (QED) is 0.797. The molecular formula is C20H21NO5. The summed E-state index contributed by atoms with van der Waals surface area (Å²) in [5.41, 5.74) is 2.84. The summed E-state index contributed by atoms with van der Waals surface area (Å²) in [6.45, 7) is 1.01. The number of benzene rings is 2. The van der Waals surface area contributed by atoms with Crippen molar-refractivity contribution >= 4 is 12.1 Å². The van der Waals surface area contributed by atoms with E-state index in [2.05, 4.69) is 5.32 Å². The summed E-state index contributed by atoms with van der Waals surface area (Å²) >= 11 is 0. The Morgan fingerprint density at radius 3 is 2.77 bits per heavy atom. The van der Waals surface area contributed by atoms with Gasteiger partial charge in [-0.2, -0.15) is 0 Å². The number of amides is 1. The number of hydrogen-bond donors (Lipinski definition) is 2. The first kappa shape index (κ1) is 17.8. The number of carbonyl (C=O) groups excluding carboxylic acids is 1. The number of carboxylic acids is 1. The summed E-state index contributed by atoms with van der Waals surface area (Å²) in [6, 6.07) is 15.1. The third-order valence-corrected chi connectivity index (χ3v) is 4.31. The van der Waals surface area contributed by atoms with Gasteiger partial charge in [-0.1, -0.05) is 42.5 Å². The number of fused-ring (bicyclic) bond motifs is 1. The highest BCUT2D eigenvalue weighted by atomic mass is 16.5. The molecule has 1 atom stereocenters. The molecule has 0 radical (unpaired) electrons. The number of ether oxygens (including phenoxy) is 2. The largest absolute Gasteiger partial charge is 0.493 e. The lowest BCUT2D eigenvalue weighted by Gasteiger charge is -2.17. The van der Waals surface area contributed by atoms with Gasteiger partial charge in [0.1, 0.15) is 12.4 Å². The Hall–Kier alpha value is -3.02. The second-order valence-electron chi connectivity index (χ2n) is 6.20. The first-order chi connectivity index (χ1) is 12.6. The average molecular weight is 355 g/mol. The molecule has 1 heterocycles. The molecule has 6 heteroatoms. The molecule has 0 aromatic heterocycles. The Morgan fingerprint density at radius 1 is 1.19 bits per heavy atom. The topological polar surface area (TPSA) is 84.9 Å². The number of rotatable bonds is 7. The smallest absolute Gasteiger partial charge is 0.407 e. The van der Waals surface area contributed by atoms with Crippen LogP contribution in [0.25, 0.3) is 0 Å². The highest BCUT2D eigenvalue weighted by Gasteiger charge is 2.20. The van der Waals surface area contributed by atoms with Crippen molar-refractivity contribution in [3.63, 3.8) is 0 Å². The molecule has 26 heavy (non-hydrogen) atoms. The van der Waals surface area contributed by atoms with Gasteiger partial charge in [-0.05, 0) is 22.8 Å². The van der Waals surface area contributed by atoms with Crippen LogP contribution in [-0.2, 0) is 22.6 Å². The molecule has 1 unspecified atom stereocenters. The molecule has 0 aliphatic carbocycles. The number of nitrogens with one attached hydrogen (secondary N) is 1. The van der Waals surface area contributed by atoms with Gasteiger partial charge < -0.3 is 19.9 Å². The van der Waals surface area contributed by atoms with Crippen LogP contribution < -0.4 is 10.1 Å². The maximum Gasteiger partial charge on any atom is 0.407 e. The molecule has 1 aliphatic heterocycles. The summed E-state index contributed by atoms with van der Waals surface area (Å²) in [5.74, 6) is -0.396. The normalized spacial score (nSPS) is 13.4. The van der Waals surface area contributed by atoms with E-state index in [0.717, 1.165) is 28.9 Å². The molecule has 0 bridgehead atoms. The Balaban J connectivity index is 1.58. The fourth-order valence-electron chi connectivity index (χ4n) is 2.96. The molecule has 6 nitrogen and oxygen atoms in total. The molecule has 0 spiro atoms. The van der Waals surface area contributed by atoms with Gasteiger partial charge >= 0.3 is 12.1 Å². The lowest BCUT2D eigenvalue weighted by atomic mass is 9.93. The predicted octanol–water partition coefficient (Wildman–Crippen LogP) is 3.11. The second kappa shape index (κ2) is 8.38. The molecule has 0 fully saturated rings. The van der Waals surface area contributed by atoms with Crippen molar-refractivity contribution in [2.75, 3.05) is 13.2 Å². The fraction of sp³-hybridized carbons (Fsp3) is 0.300. The summed E-state index contributed by atoms with van der Waals surface area (Å²) in [4.78, 5) is 23.1. The highest BCUT2D eigenvalue weighted by Crippen LogP contribution is 2.29. The van der Waals surface area contributed by atoms with Crippen LogP contribution in [0.3, 0.4) is 0 Å². The van der Waals surface area contributed by atoms with Gasteiger partial charge in [0.15, 0.2) is 0 Å². The summed E-state index contributed by atoms with van der Waals surface area (Å²) in [6.07, 6.45) is 0.183. The minimum absolute atomic E-state index is 0.0708. The molecule has 0 saturated carbocycles. The lowest BCUT2D eigenvalue weighted by molar-refractivity contribution is -0.137. The van der Waals surface area contributed by atoms with E-state index in [4.69, 9.17) is 9.47 Å². The summed E-state index contributed by atoms with van der Waals surface area (Å²) in [7, 11) is 0. The van der Waals surface area contributed by atoms with E-state index in [9.17, 15) is 14.7 Å². The van der Waals surface area contributed by atoms with Crippen molar-refractivity contribution in [2.45, 2.75) is 25.4 Å². The second-order valence-corrected chi connectivity index (χ2v) is 6.20. The maximum atomic E-state index is 11.9. The van der Waals surface area contributed by atoms with Crippen LogP contribution >= 0.6 is 0 Å². The van der Waals surface area contributed by atoms with E-state index in [1.165, 1.54) is 0 Å². The van der Waals surface area contributed by atoms with Gasteiger partial charge in [-0.15, -0.1) is 0 Å². The Kier molecular flexibility index (Phi) is 5.73. The maximum absolute atomic E-state index is 11.9. The van der Waals surface area contributed by atoms with E-state index in [0.29, 0.717) is 6.61 Å². The van der Waals surface area contributed by atoms with Crippen molar-refractivity contribution in [3.05, 3.63) is 65.2 Å². The van der Waals surface area contributed by atoms with E-state index in [-0.39, 0.29) is 25.5 Å². The number of alkyl carbamates (subject to hydrolysis) is 1. The van der Waals surface area contributed by atoms with Crippen molar-refractivity contribution in [3.8, 4) is 5.75 Å². The van der Waals surface area contributed by atoms with E-state index < -0.39 is 12.1 Å². The third kappa shape index (κ3) is 4.75. The van der Waals surface area contributed by atoms with Crippen LogP contribution in [0.2, 0.25) is 0 Å². The van der Waals surface area contributed by atoms with Gasteiger partial charge in [0, 0.05) is 18.9 Å². The van der Waals surface area contributed by atoms with E-state index in [1.54, 1.807) is 0 Å². The van der Waals surface area contributed by atoms with Gasteiger partial charge in [0.05, 0.1) is 13.0 Å². The number of carboxylic acid groups (broad SMARTS) is 1. The van der Waals surface area contributed by atoms with E-state index in [1.807, 2.05) is 48.5 Å². The summed E-state index contributed by atoms with van der Waals surface area (Å²) < 4.78 is 10.7. The van der Waals surface area contributed by atoms with Gasteiger partial charge in [-0.25, -0.2) is 4.79 Å². The number of aliphatic carboxylic acids is 1. The molecule has 1 aliphatic rings. The van der Waals surface area contributed by atoms with Gasteiger partial charge in [0.25, 0.3) is 0 Å². The first-order valence-electron chi connectivity index (χ1n) is 8.54. The Labute approximate surface area is 151 Å². The molecule has 136 valence electrons. The molecule has 2 N–H and O–H groups in total. The fourth-order valence-corrected chi connectivity index (χ4v) is 2.96. The van der Waals surface area contributed by atoms with Gasteiger partial charge in [0.2, 0.25) is 0 Å². The number of hydrogen-bond acceptors (Lipinski definition) is 4. The van der Waals surface area contributed by atoms with Crippen molar-refractivity contribution < 1.29 is 24.2 Å².